The number of nitrogens with zero attached hydrogens (tertiary/aromatic N) is 2. The Morgan fingerprint density at radius 1 is 1.03 bits per heavy atom. The van der Waals surface area contributed by atoms with Crippen molar-refractivity contribution >= 4 is 40.1 Å². The number of anilines is 1. The number of nitrogens with one attached hydrogen (secondary N) is 1. The van der Waals surface area contributed by atoms with Crippen LogP contribution in [0.5, 0.6) is 5.75 Å². The molecule has 0 bridgehead atoms. The molecule has 2 amide bonds. The van der Waals surface area contributed by atoms with Crippen LogP contribution in [-0.4, -0.2) is 28.9 Å². The van der Waals surface area contributed by atoms with Crippen LogP contribution in [0.3, 0.4) is 0 Å². The van der Waals surface area contributed by atoms with Gasteiger partial charge in [-0.25, -0.2) is 4.98 Å². The lowest BCUT2D eigenvalue weighted by molar-refractivity contribution is -0.138. The minimum absolute atomic E-state index is 0.269. The molecular weight excluding hydrogens is 390 g/mol. The van der Waals surface area contributed by atoms with Crippen molar-refractivity contribution in [1.82, 2.24) is 9.99 Å². The number of methoxy groups -OCH3 is 1. The summed E-state index contributed by atoms with van der Waals surface area (Å²) >= 11 is 6.40. The highest BCUT2D eigenvalue weighted by Crippen LogP contribution is 2.35. The van der Waals surface area contributed by atoms with Gasteiger partial charge in [0.25, 0.3) is 11.8 Å². The number of hydrogen-bond acceptors (Lipinski definition) is 5. The van der Waals surface area contributed by atoms with Gasteiger partial charge in [0.15, 0.2) is 0 Å². The maximum atomic E-state index is 12.5. The molecule has 1 fully saturated rings. The first-order valence-corrected chi connectivity index (χ1v) is 9.66. The second-order valence-electron chi connectivity index (χ2n) is 7.12. The lowest BCUT2D eigenvalue weighted by Crippen LogP contribution is -2.36. The van der Waals surface area contributed by atoms with Gasteiger partial charge in [-0.3, -0.25) is 15.0 Å². The summed E-state index contributed by atoms with van der Waals surface area (Å²) in [5, 5.41) is 2.41. The zero-order chi connectivity index (χ0) is 20.7. The van der Waals surface area contributed by atoms with Crippen LogP contribution >= 0.6 is 11.6 Å². The van der Waals surface area contributed by atoms with E-state index in [9.17, 15) is 9.59 Å². The maximum Gasteiger partial charge on any atom is 0.251 e. The van der Waals surface area contributed by atoms with E-state index in [1.54, 1.807) is 27.0 Å². The molecule has 7 heteroatoms. The number of rotatable bonds is 4. The molecule has 4 rings (SSSR count). The molecule has 1 aromatic heterocycles. The van der Waals surface area contributed by atoms with Crippen LogP contribution in [0.1, 0.15) is 13.8 Å². The zero-order valence-electron chi connectivity index (χ0n) is 16.3. The van der Waals surface area contributed by atoms with Crippen molar-refractivity contribution in [2.24, 2.45) is 11.8 Å². The number of ether oxygens (including phenoxy) is 1. The molecule has 0 spiro atoms. The van der Waals surface area contributed by atoms with Crippen molar-refractivity contribution in [2.75, 3.05) is 12.5 Å². The Kier molecular flexibility index (Phi) is 4.88. The van der Waals surface area contributed by atoms with Crippen molar-refractivity contribution < 1.29 is 14.3 Å². The SMILES string of the molecule is COc1ccc(-c2cc(NN3C(=O)C(C)C(C)C3=O)nc3c(Cl)cccc23)cc1. The number of imide groups is 1. The molecule has 1 aliphatic heterocycles. The molecule has 0 radical (unpaired) electrons. The standard InChI is InChI=1S/C22H20ClN3O3/c1-12-13(2)22(28)26(21(12)27)25-19-11-17(14-7-9-15(29-3)10-8-14)16-5-4-6-18(23)20(16)24-19/h4-13H,1-3H3,(H,24,25). The number of aromatic nitrogens is 1. The van der Waals surface area contributed by atoms with Gasteiger partial charge in [-0.15, -0.1) is 0 Å². The van der Waals surface area contributed by atoms with E-state index in [1.807, 2.05) is 42.5 Å². The molecule has 1 aliphatic rings. The summed E-state index contributed by atoms with van der Waals surface area (Å²) in [5.74, 6) is -0.163. The lowest BCUT2D eigenvalue weighted by atomic mass is 10.00. The summed E-state index contributed by atoms with van der Waals surface area (Å²) in [5.41, 5.74) is 5.29. The van der Waals surface area contributed by atoms with Crippen LogP contribution in [0.2, 0.25) is 5.02 Å². The van der Waals surface area contributed by atoms with E-state index in [0.717, 1.165) is 27.3 Å². The topological polar surface area (TPSA) is 71.5 Å². The highest BCUT2D eigenvalue weighted by atomic mass is 35.5. The van der Waals surface area contributed by atoms with Gasteiger partial charge in [0.05, 0.1) is 17.6 Å². The normalized spacial score (nSPS) is 19.1. The minimum Gasteiger partial charge on any atom is -0.497 e. The number of hydrogen-bond donors (Lipinski definition) is 1. The van der Waals surface area contributed by atoms with Crippen LogP contribution in [0.15, 0.2) is 48.5 Å². The summed E-state index contributed by atoms with van der Waals surface area (Å²) < 4.78 is 5.24. The van der Waals surface area contributed by atoms with E-state index in [0.29, 0.717) is 16.4 Å². The second kappa shape index (κ2) is 7.37. The van der Waals surface area contributed by atoms with Crippen LogP contribution in [0.4, 0.5) is 5.82 Å². The molecule has 1 saturated heterocycles. The first-order valence-electron chi connectivity index (χ1n) is 9.29. The summed E-state index contributed by atoms with van der Waals surface area (Å²) in [4.78, 5) is 29.5. The smallest absolute Gasteiger partial charge is 0.251 e. The fourth-order valence-electron chi connectivity index (χ4n) is 3.45. The van der Waals surface area contributed by atoms with Gasteiger partial charge < -0.3 is 4.74 Å². The molecule has 1 N–H and O–H groups in total. The number of pyridine rings is 1. The summed E-state index contributed by atoms with van der Waals surface area (Å²) in [6.07, 6.45) is 0. The highest BCUT2D eigenvalue weighted by molar-refractivity contribution is 6.35. The number of carbonyl (C=O) groups is 2. The minimum atomic E-state index is -0.375. The van der Waals surface area contributed by atoms with Crippen LogP contribution in [0.25, 0.3) is 22.0 Å². The van der Waals surface area contributed by atoms with Crippen LogP contribution in [-0.2, 0) is 9.59 Å². The number of fused-ring (bicyclic) bond motifs is 1. The average molecular weight is 410 g/mol. The van der Waals surface area contributed by atoms with Crippen molar-refractivity contribution in [2.45, 2.75) is 13.8 Å². The quantitative estimate of drug-likeness (QED) is 0.641. The molecular formula is C22H20ClN3O3. The van der Waals surface area contributed by atoms with Crippen molar-refractivity contribution in [3.8, 4) is 16.9 Å². The monoisotopic (exact) mass is 409 g/mol. The molecule has 29 heavy (non-hydrogen) atoms. The Bertz CT molecular complexity index is 1090. The third-order valence-corrected chi connectivity index (χ3v) is 5.69. The molecule has 2 heterocycles. The van der Waals surface area contributed by atoms with E-state index in [2.05, 4.69) is 10.4 Å². The van der Waals surface area contributed by atoms with E-state index < -0.39 is 0 Å². The Morgan fingerprint density at radius 2 is 1.69 bits per heavy atom. The Labute approximate surface area is 173 Å². The van der Waals surface area contributed by atoms with E-state index >= 15 is 0 Å². The molecule has 2 aromatic carbocycles. The highest BCUT2D eigenvalue weighted by Gasteiger charge is 2.42. The third kappa shape index (κ3) is 3.29. The maximum absolute atomic E-state index is 12.5. The lowest BCUT2D eigenvalue weighted by Gasteiger charge is -2.18. The first kappa shape index (κ1) is 19.2. The average Bonchev–Trinajstić information content (AvgIpc) is 2.92. The van der Waals surface area contributed by atoms with Gasteiger partial charge in [0, 0.05) is 17.2 Å². The Morgan fingerprint density at radius 3 is 2.31 bits per heavy atom. The molecule has 148 valence electrons. The Balaban J connectivity index is 1.82. The van der Waals surface area contributed by atoms with Crippen molar-refractivity contribution in [3.05, 3.63) is 53.6 Å². The van der Waals surface area contributed by atoms with E-state index in [4.69, 9.17) is 16.3 Å². The first-order chi connectivity index (χ1) is 13.9. The zero-order valence-corrected chi connectivity index (χ0v) is 17.0. The van der Waals surface area contributed by atoms with E-state index in [-0.39, 0.29) is 23.7 Å². The van der Waals surface area contributed by atoms with Crippen molar-refractivity contribution in [1.29, 1.82) is 0 Å². The molecule has 0 aliphatic carbocycles. The van der Waals surface area contributed by atoms with Gasteiger partial charge in [-0.1, -0.05) is 49.7 Å². The number of halogens is 1. The molecule has 3 aromatic rings. The molecule has 6 nitrogen and oxygen atoms in total. The van der Waals surface area contributed by atoms with Gasteiger partial charge in [0.1, 0.15) is 11.6 Å². The molecule has 2 atom stereocenters. The number of hydrazine groups is 1. The summed E-state index contributed by atoms with van der Waals surface area (Å²) in [6, 6.07) is 15.0. The number of benzene rings is 2. The fourth-order valence-corrected chi connectivity index (χ4v) is 3.67. The van der Waals surface area contributed by atoms with Gasteiger partial charge >= 0.3 is 0 Å². The Hall–Kier alpha value is -3.12. The molecule has 0 saturated carbocycles. The van der Waals surface area contributed by atoms with Crippen LogP contribution < -0.4 is 10.2 Å². The number of carbonyl (C=O) groups excluding carboxylic acids is 2. The largest absolute Gasteiger partial charge is 0.497 e. The summed E-state index contributed by atoms with van der Waals surface area (Å²) in [6.45, 7) is 3.50. The predicted octanol–water partition coefficient (Wildman–Crippen LogP) is 4.53. The molecule has 2 unspecified atom stereocenters. The van der Waals surface area contributed by atoms with Gasteiger partial charge in [-0.2, -0.15) is 5.01 Å². The predicted molar refractivity (Wildman–Crippen MR) is 113 cm³/mol. The third-order valence-electron chi connectivity index (χ3n) is 5.39. The number of amides is 2. The van der Waals surface area contributed by atoms with Gasteiger partial charge in [-0.05, 0) is 35.4 Å². The summed E-state index contributed by atoms with van der Waals surface area (Å²) in [7, 11) is 1.62. The van der Waals surface area contributed by atoms with Gasteiger partial charge in [0.2, 0.25) is 0 Å². The fraction of sp³-hybridized carbons (Fsp3) is 0.227. The van der Waals surface area contributed by atoms with E-state index in [1.165, 1.54) is 0 Å². The number of para-hydroxylation sites is 1. The van der Waals surface area contributed by atoms with Crippen LogP contribution in [0, 0.1) is 11.8 Å². The second-order valence-corrected chi connectivity index (χ2v) is 7.53. The van der Waals surface area contributed by atoms with Crippen molar-refractivity contribution in [3.63, 3.8) is 0 Å².